The second-order valence-electron chi connectivity index (χ2n) is 6.40. The lowest BCUT2D eigenvalue weighted by atomic mass is 9.99. The van der Waals surface area contributed by atoms with Gasteiger partial charge in [-0.15, -0.1) is 0 Å². The summed E-state index contributed by atoms with van der Waals surface area (Å²) in [5.41, 5.74) is 2.53. The smallest absolute Gasteiger partial charge is 0.268 e. The number of benzene rings is 3. The molecular formula is C22H20N2O2. The van der Waals surface area contributed by atoms with Crippen LogP contribution in [0.1, 0.15) is 29.0 Å². The maximum atomic E-state index is 12.7. The van der Waals surface area contributed by atoms with Gasteiger partial charge in [0, 0.05) is 17.0 Å². The summed E-state index contributed by atoms with van der Waals surface area (Å²) in [4.78, 5) is 15.9. The highest BCUT2D eigenvalue weighted by Crippen LogP contribution is 2.25. The van der Waals surface area contributed by atoms with E-state index in [9.17, 15) is 4.79 Å². The molecule has 0 aliphatic rings. The van der Waals surface area contributed by atoms with E-state index in [1.54, 1.807) is 7.11 Å². The Labute approximate surface area is 151 Å². The standard InChI is InChI=1S/C22H20N2O2/c1-14(18-9-5-7-15-6-3-4-8-19(15)18)23-22(25)21-12-16-10-11-17(26-2)13-20(16)24-21/h3-14,24H,1-2H3,(H,23,25)/t14-/m1/s1. The van der Waals surface area contributed by atoms with Gasteiger partial charge in [0.15, 0.2) is 0 Å². The molecular weight excluding hydrogens is 324 g/mol. The molecule has 3 aromatic carbocycles. The normalized spacial score (nSPS) is 12.2. The molecule has 4 nitrogen and oxygen atoms in total. The minimum absolute atomic E-state index is 0.102. The van der Waals surface area contributed by atoms with Gasteiger partial charge in [-0.25, -0.2) is 0 Å². The molecule has 1 amide bonds. The first-order valence-electron chi connectivity index (χ1n) is 8.61. The van der Waals surface area contributed by atoms with Crippen LogP contribution in [0.5, 0.6) is 5.75 Å². The van der Waals surface area contributed by atoms with Crippen LogP contribution in [0.2, 0.25) is 0 Å². The van der Waals surface area contributed by atoms with E-state index in [1.807, 2.05) is 49.4 Å². The average Bonchev–Trinajstić information content (AvgIpc) is 3.10. The summed E-state index contributed by atoms with van der Waals surface area (Å²) in [6.07, 6.45) is 0. The molecule has 0 bridgehead atoms. The summed E-state index contributed by atoms with van der Waals surface area (Å²) >= 11 is 0. The Morgan fingerprint density at radius 1 is 1.00 bits per heavy atom. The first kappa shape index (κ1) is 16.2. The van der Waals surface area contributed by atoms with Crippen LogP contribution in [-0.4, -0.2) is 18.0 Å². The van der Waals surface area contributed by atoms with Gasteiger partial charge in [0.1, 0.15) is 11.4 Å². The van der Waals surface area contributed by atoms with Crippen LogP contribution in [0, 0.1) is 0 Å². The minimum atomic E-state index is -0.124. The van der Waals surface area contributed by atoms with Crippen LogP contribution in [-0.2, 0) is 0 Å². The van der Waals surface area contributed by atoms with Crippen molar-refractivity contribution >= 4 is 27.6 Å². The highest BCUT2D eigenvalue weighted by molar-refractivity contribution is 5.98. The molecule has 1 atom stereocenters. The van der Waals surface area contributed by atoms with Crippen molar-refractivity contribution in [2.45, 2.75) is 13.0 Å². The summed E-state index contributed by atoms with van der Waals surface area (Å²) in [6, 6.07) is 21.8. The van der Waals surface area contributed by atoms with Crippen LogP contribution in [0.15, 0.2) is 66.7 Å². The minimum Gasteiger partial charge on any atom is -0.497 e. The third-order valence-electron chi connectivity index (χ3n) is 4.71. The van der Waals surface area contributed by atoms with Gasteiger partial charge in [-0.05, 0) is 41.5 Å². The van der Waals surface area contributed by atoms with Gasteiger partial charge in [-0.1, -0.05) is 42.5 Å². The van der Waals surface area contributed by atoms with E-state index in [0.29, 0.717) is 5.69 Å². The van der Waals surface area contributed by atoms with E-state index in [1.165, 1.54) is 5.39 Å². The van der Waals surface area contributed by atoms with Gasteiger partial charge in [-0.2, -0.15) is 0 Å². The number of ether oxygens (including phenoxy) is 1. The zero-order valence-corrected chi connectivity index (χ0v) is 14.7. The third kappa shape index (κ3) is 2.90. The Balaban J connectivity index is 1.61. The number of hydrogen-bond acceptors (Lipinski definition) is 2. The zero-order chi connectivity index (χ0) is 18.1. The summed E-state index contributed by atoms with van der Waals surface area (Å²) in [6.45, 7) is 2.01. The number of nitrogens with one attached hydrogen (secondary N) is 2. The molecule has 1 aromatic heterocycles. The quantitative estimate of drug-likeness (QED) is 0.557. The highest BCUT2D eigenvalue weighted by Gasteiger charge is 2.15. The molecule has 26 heavy (non-hydrogen) atoms. The summed E-state index contributed by atoms with van der Waals surface area (Å²) in [5, 5.41) is 6.40. The number of rotatable bonds is 4. The van der Waals surface area contributed by atoms with Crippen LogP contribution in [0.3, 0.4) is 0 Å². The molecule has 0 unspecified atom stereocenters. The Kier molecular flexibility index (Phi) is 4.09. The number of H-pyrrole nitrogens is 1. The lowest BCUT2D eigenvalue weighted by Crippen LogP contribution is -2.27. The topological polar surface area (TPSA) is 54.1 Å². The van der Waals surface area contributed by atoms with Crippen LogP contribution >= 0.6 is 0 Å². The fourth-order valence-corrected chi connectivity index (χ4v) is 3.34. The highest BCUT2D eigenvalue weighted by atomic mass is 16.5. The second-order valence-corrected chi connectivity index (χ2v) is 6.40. The summed E-state index contributed by atoms with van der Waals surface area (Å²) in [7, 11) is 1.63. The molecule has 0 fully saturated rings. The lowest BCUT2D eigenvalue weighted by Gasteiger charge is -2.16. The number of carbonyl (C=O) groups is 1. The molecule has 2 N–H and O–H groups in total. The SMILES string of the molecule is COc1ccc2cc(C(=O)N[C@H](C)c3cccc4ccccc34)[nH]c2c1. The van der Waals surface area contributed by atoms with Crippen LogP contribution < -0.4 is 10.1 Å². The first-order valence-corrected chi connectivity index (χ1v) is 8.61. The predicted molar refractivity (Wildman–Crippen MR) is 105 cm³/mol. The van der Waals surface area contributed by atoms with E-state index >= 15 is 0 Å². The molecule has 1 heterocycles. The van der Waals surface area contributed by atoms with Gasteiger partial charge < -0.3 is 15.0 Å². The maximum absolute atomic E-state index is 12.7. The molecule has 0 spiro atoms. The van der Waals surface area contributed by atoms with Crippen molar-refractivity contribution in [3.05, 3.63) is 78.0 Å². The second kappa shape index (κ2) is 6.56. The number of aromatic amines is 1. The van der Waals surface area contributed by atoms with Crippen molar-refractivity contribution in [2.24, 2.45) is 0 Å². The molecule has 0 saturated heterocycles. The number of aromatic nitrogens is 1. The van der Waals surface area contributed by atoms with Gasteiger partial charge >= 0.3 is 0 Å². The molecule has 0 radical (unpaired) electrons. The maximum Gasteiger partial charge on any atom is 0.268 e. The van der Waals surface area contributed by atoms with E-state index < -0.39 is 0 Å². The molecule has 130 valence electrons. The van der Waals surface area contributed by atoms with Crippen molar-refractivity contribution in [1.82, 2.24) is 10.3 Å². The van der Waals surface area contributed by atoms with Crippen molar-refractivity contribution in [3.63, 3.8) is 0 Å². The fraction of sp³-hybridized carbons (Fsp3) is 0.136. The Hall–Kier alpha value is -3.27. The van der Waals surface area contributed by atoms with Gasteiger partial charge in [0.2, 0.25) is 0 Å². The Morgan fingerprint density at radius 3 is 2.65 bits per heavy atom. The van der Waals surface area contributed by atoms with E-state index in [4.69, 9.17) is 4.74 Å². The number of carbonyl (C=O) groups excluding carboxylic acids is 1. The van der Waals surface area contributed by atoms with Crippen molar-refractivity contribution in [3.8, 4) is 5.75 Å². The fourth-order valence-electron chi connectivity index (χ4n) is 3.34. The van der Waals surface area contributed by atoms with Crippen LogP contribution in [0.4, 0.5) is 0 Å². The van der Waals surface area contributed by atoms with Crippen LogP contribution in [0.25, 0.3) is 21.7 Å². The molecule has 0 aliphatic carbocycles. The van der Waals surface area contributed by atoms with E-state index in [0.717, 1.165) is 27.6 Å². The average molecular weight is 344 g/mol. The zero-order valence-electron chi connectivity index (χ0n) is 14.7. The molecule has 0 saturated carbocycles. The van der Waals surface area contributed by atoms with Crippen molar-refractivity contribution < 1.29 is 9.53 Å². The molecule has 4 rings (SSSR count). The molecule has 0 aliphatic heterocycles. The number of fused-ring (bicyclic) bond motifs is 2. The Morgan fingerprint density at radius 2 is 1.81 bits per heavy atom. The number of hydrogen-bond donors (Lipinski definition) is 2. The first-order chi connectivity index (χ1) is 12.7. The monoisotopic (exact) mass is 344 g/mol. The number of methoxy groups -OCH3 is 1. The summed E-state index contributed by atoms with van der Waals surface area (Å²) in [5.74, 6) is 0.635. The molecule has 4 aromatic rings. The van der Waals surface area contributed by atoms with Crippen molar-refractivity contribution in [1.29, 1.82) is 0 Å². The van der Waals surface area contributed by atoms with Gasteiger partial charge in [0.25, 0.3) is 5.91 Å². The van der Waals surface area contributed by atoms with Gasteiger partial charge in [0.05, 0.1) is 13.2 Å². The Bertz CT molecular complexity index is 1090. The lowest BCUT2D eigenvalue weighted by molar-refractivity contribution is 0.0936. The summed E-state index contributed by atoms with van der Waals surface area (Å²) < 4.78 is 5.23. The molecule has 4 heteroatoms. The third-order valence-corrected chi connectivity index (χ3v) is 4.71. The predicted octanol–water partition coefficient (Wildman–Crippen LogP) is 4.82. The number of amides is 1. The van der Waals surface area contributed by atoms with Crippen molar-refractivity contribution in [2.75, 3.05) is 7.11 Å². The van der Waals surface area contributed by atoms with E-state index in [-0.39, 0.29) is 11.9 Å². The van der Waals surface area contributed by atoms with Gasteiger partial charge in [-0.3, -0.25) is 4.79 Å². The van der Waals surface area contributed by atoms with E-state index in [2.05, 4.69) is 34.6 Å². The largest absolute Gasteiger partial charge is 0.497 e.